The minimum absolute atomic E-state index is 0.0284. The minimum atomic E-state index is -0.872. The first kappa shape index (κ1) is 12.8. The van der Waals surface area contributed by atoms with Gasteiger partial charge in [-0.1, -0.05) is 0 Å². The molecular weight excluding hydrogens is 224 g/mol. The predicted molar refractivity (Wildman–Crippen MR) is 61.3 cm³/mol. The molecule has 0 aliphatic heterocycles. The van der Waals surface area contributed by atoms with Gasteiger partial charge in [0, 0.05) is 11.3 Å². The second kappa shape index (κ2) is 5.69. The van der Waals surface area contributed by atoms with Crippen molar-refractivity contribution in [2.24, 2.45) is 5.73 Å². The number of ether oxygens (including phenoxy) is 1. The molecule has 7 heteroatoms. The predicted octanol–water partition coefficient (Wildman–Crippen LogP) is -0.203. The Morgan fingerprint density at radius 3 is 2.76 bits per heavy atom. The third-order valence-corrected chi connectivity index (χ3v) is 1.87. The molecule has 1 aromatic heterocycles. The third kappa shape index (κ3) is 4.37. The molecule has 0 bridgehead atoms. The number of hydrogen-bond acceptors (Lipinski definition) is 5. The van der Waals surface area contributed by atoms with Crippen LogP contribution in [-0.2, 0) is 4.74 Å². The Balaban J connectivity index is 2.49. The summed E-state index contributed by atoms with van der Waals surface area (Å²) in [4.78, 5) is 25.8. The van der Waals surface area contributed by atoms with Gasteiger partial charge in [-0.25, -0.2) is 9.78 Å². The van der Waals surface area contributed by atoms with Crippen LogP contribution in [0, 0.1) is 6.92 Å². The highest BCUT2D eigenvalue weighted by Gasteiger charge is 2.07. The second-order valence-electron chi connectivity index (χ2n) is 3.35. The molecule has 1 rings (SSSR count). The smallest absolute Gasteiger partial charge is 0.404 e. The molecule has 0 saturated carbocycles. The molecule has 7 nitrogen and oxygen atoms in total. The van der Waals surface area contributed by atoms with Crippen molar-refractivity contribution in [1.82, 2.24) is 10.3 Å². The average Bonchev–Trinajstić information content (AvgIpc) is 2.22. The SMILES string of the molecule is Cc1cc(C(=O)NCCOC(N)=O)cc(N)n1. The summed E-state index contributed by atoms with van der Waals surface area (Å²) < 4.78 is 4.46. The lowest BCUT2D eigenvalue weighted by atomic mass is 10.2. The van der Waals surface area contributed by atoms with Gasteiger partial charge in [-0.3, -0.25) is 4.79 Å². The number of pyridine rings is 1. The fourth-order valence-electron chi connectivity index (χ4n) is 1.24. The first-order chi connectivity index (χ1) is 7.99. The molecule has 1 aromatic rings. The number of hydrogen-bond donors (Lipinski definition) is 3. The Hall–Kier alpha value is -2.31. The zero-order valence-electron chi connectivity index (χ0n) is 9.40. The summed E-state index contributed by atoms with van der Waals surface area (Å²) >= 11 is 0. The number of nitrogens with two attached hydrogens (primary N) is 2. The van der Waals surface area contributed by atoms with Crippen LogP contribution in [0.15, 0.2) is 12.1 Å². The van der Waals surface area contributed by atoms with E-state index in [9.17, 15) is 9.59 Å². The van der Waals surface area contributed by atoms with E-state index in [1.54, 1.807) is 13.0 Å². The van der Waals surface area contributed by atoms with E-state index < -0.39 is 6.09 Å². The zero-order chi connectivity index (χ0) is 12.8. The van der Waals surface area contributed by atoms with Crippen LogP contribution in [-0.4, -0.2) is 30.1 Å². The molecule has 0 unspecified atom stereocenters. The van der Waals surface area contributed by atoms with E-state index in [2.05, 4.69) is 15.0 Å². The van der Waals surface area contributed by atoms with Crippen molar-refractivity contribution in [1.29, 1.82) is 0 Å². The van der Waals surface area contributed by atoms with Crippen LogP contribution < -0.4 is 16.8 Å². The van der Waals surface area contributed by atoms with Crippen molar-refractivity contribution in [2.75, 3.05) is 18.9 Å². The number of aryl methyl sites for hydroxylation is 1. The van der Waals surface area contributed by atoms with Crippen LogP contribution in [0.25, 0.3) is 0 Å². The first-order valence-corrected chi connectivity index (χ1v) is 4.93. The van der Waals surface area contributed by atoms with Gasteiger partial charge in [0.2, 0.25) is 0 Å². The van der Waals surface area contributed by atoms with Crippen LogP contribution in [0.5, 0.6) is 0 Å². The number of rotatable bonds is 4. The lowest BCUT2D eigenvalue weighted by Gasteiger charge is -2.06. The normalized spacial score (nSPS) is 9.71. The highest BCUT2D eigenvalue weighted by molar-refractivity contribution is 5.94. The zero-order valence-corrected chi connectivity index (χ0v) is 9.40. The average molecular weight is 238 g/mol. The van der Waals surface area contributed by atoms with E-state index in [0.717, 1.165) is 0 Å². The largest absolute Gasteiger partial charge is 0.448 e. The molecular formula is C10H14N4O3. The quantitative estimate of drug-likeness (QED) is 0.627. The van der Waals surface area contributed by atoms with Gasteiger partial charge < -0.3 is 21.5 Å². The van der Waals surface area contributed by atoms with Gasteiger partial charge in [-0.2, -0.15) is 0 Å². The van der Waals surface area contributed by atoms with Crippen molar-refractivity contribution in [3.05, 3.63) is 23.4 Å². The number of anilines is 1. The summed E-state index contributed by atoms with van der Waals surface area (Å²) in [5.41, 5.74) is 11.3. The Labute approximate surface area is 98.1 Å². The second-order valence-corrected chi connectivity index (χ2v) is 3.35. The lowest BCUT2D eigenvalue weighted by molar-refractivity contribution is 0.0936. The molecule has 92 valence electrons. The maximum absolute atomic E-state index is 11.6. The number of aromatic nitrogens is 1. The summed E-state index contributed by atoms with van der Waals surface area (Å²) in [6.07, 6.45) is -0.872. The van der Waals surface area contributed by atoms with Gasteiger partial charge in [0.1, 0.15) is 12.4 Å². The summed E-state index contributed by atoms with van der Waals surface area (Å²) in [5, 5.41) is 2.55. The summed E-state index contributed by atoms with van der Waals surface area (Å²) in [6, 6.07) is 3.08. The fourth-order valence-corrected chi connectivity index (χ4v) is 1.24. The standard InChI is InChI=1S/C10H14N4O3/c1-6-4-7(5-8(11)14-6)9(15)13-2-3-17-10(12)16/h4-5H,2-3H2,1H3,(H2,11,14)(H2,12,16)(H,13,15). The van der Waals surface area contributed by atoms with E-state index in [1.807, 2.05) is 0 Å². The summed E-state index contributed by atoms with van der Waals surface area (Å²) in [6.45, 7) is 1.95. The van der Waals surface area contributed by atoms with E-state index in [0.29, 0.717) is 11.3 Å². The van der Waals surface area contributed by atoms with E-state index >= 15 is 0 Å². The number of nitrogen functional groups attached to an aromatic ring is 1. The molecule has 0 saturated heterocycles. The van der Waals surface area contributed by atoms with Crippen molar-refractivity contribution in [3.8, 4) is 0 Å². The Bertz CT molecular complexity index is 413. The van der Waals surface area contributed by atoms with Crippen LogP contribution in [0.4, 0.5) is 10.6 Å². The van der Waals surface area contributed by atoms with Gasteiger partial charge in [0.15, 0.2) is 0 Å². The van der Waals surface area contributed by atoms with E-state index in [-0.39, 0.29) is 24.9 Å². The molecule has 0 atom stereocenters. The maximum Gasteiger partial charge on any atom is 0.404 e. The first-order valence-electron chi connectivity index (χ1n) is 4.93. The van der Waals surface area contributed by atoms with Crippen LogP contribution in [0.2, 0.25) is 0 Å². The lowest BCUT2D eigenvalue weighted by Crippen LogP contribution is -2.29. The van der Waals surface area contributed by atoms with Gasteiger partial charge in [0.25, 0.3) is 5.91 Å². The van der Waals surface area contributed by atoms with Crippen LogP contribution in [0.3, 0.4) is 0 Å². The summed E-state index contributed by atoms with van der Waals surface area (Å²) in [7, 11) is 0. The van der Waals surface area contributed by atoms with Crippen LogP contribution >= 0.6 is 0 Å². The fraction of sp³-hybridized carbons (Fsp3) is 0.300. The monoisotopic (exact) mass is 238 g/mol. The van der Waals surface area contributed by atoms with Crippen molar-refractivity contribution < 1.29 is 14.3 Å². The number of nitrogens with one attached hydrogen (secondary N) is 1. The highest BCUT2D eigenvalue weighted by atomic mass is 16.5. The molecule has 17 heavy (non-hydrogen) atoms. The number of primary amides is 1. The van der Waals surface area contributed by atoms with Crippen LogP contribution in [0.1, 0.15) is 16.1 Å². The molecule has 0 spiro atoms. The maximum atomic E-state index is 11.6. The number of carbonyl (C=O) groups excluding carboxylic acids is 2. The van der Waals surface area contributed by atoms with Gasteiger partial charge in [0.05, 0.1) is 6.54 Å². The van der Waals surface area contributed by atoms with Gasteiger partial charge in [-0.05, 0) is 19.1 Å². The van der Waals surface area contributed by atoms with Crippen molar-refractivity contribution >= 4 is 17.8 Å². The molecule has 0 fully saturated rings. The topological polar surface area (TPSA) is 120 Å². The molecule has 0 aromatic carbocycles. The van der Waals surface area contributed by atoms with E-state index in [1.165, 1.54) is 6.07 Å². The van der Waals surface area contributed by atoms with E-state index in [4.69, 9.17) is 11.5 Å². The number of nitrogens with zero attached hydrogens (tertiary/aromatic N) is 1. The van der Waals surface area contributed by atoms with Crippen molar-refractivity contribution in [2.45, 2.75) is 6.92 Å². The minimum Gasteiger partial charge on any atom is -0.448 e. The van der Waals surface area contributed by atoms with Gasteiger partial charge in [-0.15, -0.1) is 0 Å². The highest BCUT2D eigenvalue weighted by Crippen LogP contribution is 2.06. The Kier molecular flexibility index (Phi) is 4.27. The molecule has 2 amide bonds. The molecule has 0 aliphatic rings. The number of amides is 2. The molecule has 5 N–H and O–H groups in total. The number of carbonyl (C=O) groups is 2. The Morgan fingerprint density at radius 2 is 2.18 bits per heavy atom. The molecule has 0 aliphatic carbocycles. The molecule has 1 heterocycles. The molecule has 0 radical (unpaired) electrons. The van der Waals surface area contributed by atoms with Crippen molar-refractivity contribution in [3.63, 3.8) is 0 Å². The Morgan fingerprint density at radius 1 is 1.47 bits per heavy atom. The summed E-state index contributed by atoms with van der Waals surface area (Å²) in [5.74, 6) is -0.0289. The third-order valence-electron chi connectivity index (χ3n) is 1.87. The van der Waals surface area contributed by atoms with Gasteiger partial charge >= 0.3 is 6.09 Å².